The molecule has 1 aromatic heterocycles. The first-order valence-electron chi connectivity index (χ1n) is 10.8. The van der Waals surface area contributed by atoms with E-state index in [1.54, 1.807) is 12.1 Å². The van der Waals surface area contributed by atoms with Crippen LogP contribution in [0.15, 0.2) is 71.8 Å². The minimum atomic E-state index is -0.432. The molecule has 7 heteroatoms. The van der Waals surface area contributed by atoms with Gasteiger partial charge in [0.15, 0.2) is 0 Å². The Balaban J connectivity index is 1.40. The molecule has 0 bridgehead atoms. The molecule has 0 fully saturated rings. The van der Waals surface area contributed by atoms with Crippen molar-refractivity contribution in [2.45, 2.75) is 20.3 Å². The highest BCUT2D eigenvalue weighted by atomic mass is 16.5. The molecule has 0 radical (unpaired) electrons. The van der Waals surface area contributed by atoms with Crippen LogP contribution in [0.4, 0.5) is 0 Å². The summed E-state index contributed by atoms with van der Waals surface area (Å²) < 4.78 is 5.74. The maximum atomic E-state index is 12.5. The van der Waals surface area contributed by atoms with Crippen molar-refractivity contribution < 1.29 is 14.6 Å². The Labute approximate surface area is 192 Å². The maximum Gasteiger partial charge on any atom is 0.289 e. The van der Waals surface area contributed by atoms with E-state index in [1.165, 1.54) is 6.21 Å². The number of ether oxygens (including phenoxy) is 1. The van der Waals surface area contributed by atoms with E-state index in [4.69, 9.17) is 4.74 Å². The summed E-state index contributed by atoms with van der Waals surface area (Å²) in [6.07, 6.45) is 2.44. The molecule has 3 aromatic carbocycles. The van der Waals surface area contributed by atoms with Gasteiger partial charge in [0.25, 0.3) is 5.91 Å². The molecule has 1 heterocycles. The number of hydrogen-bond donors (Lipinski definition) is 3. The van der Waals surface area contributed by atoms with Gasteiger partial charge >= 0.3 is 0 Å². The van der Waals surface area contributed by atoms with E-state index in [0.29, 0.717) is 23.8 Å². The number of fused-ring (bicyclic) bond motifs is 1. The Bertz CT molecular complexity index is 1280. The monoisotopic (exact) mass is 442 g/mol. The van der Waals surface area contributed by atoms with Gasteiger partial charge in [0.05, 0.1) is 18.5 Å². The van der Waals surface area contributed by atoms with Crippen molar-refractivity contribution >= 4 is 22.9 Å². The maximum absolute atomic E-state index is 12.5. The van der Waals surface area contributed by atoms with Crippen molar-refractivity contribution in [2.75, 3.05) is 6.61 Å². The van der Waals surface area contributed by atoms with Crippen molar-refractivity contribution in [3.63, 3.8) is 0 Å². The first kappa shape index (κ1) is 22.1. The number of rotatable bonds is 8. The van der Waals surface area contributed by atoms with E-state index in [-0.39, 0.29) is 11.4 Å². The largest absolute Gasteiger partial charge is 0.507 e. The fourth-order valence-electron chi connectivity index (χ4n) is 3.36. The number of hydrazone groups is 1. The van der Waals surface area contributed by atoms with Gasteiger partial charge < -0.3 is 9.84 Å². The summed E-state index contributed by atoms with van der Waals surface area (Å²) in [5.41, 5.74) is 4.80. The molecule has 4 rings (SSSR count). The van der Waals surface area contributed by atoms with Crippen LogP contribution < -0.4 is 10.2 Å². The molecule has 168 valence electrons. The number of carbonyl (C=O) groups excluding carboxylic acids is 1. The minimum Gasteiger partial charge on any atom is -0.507 e. The van der Waals surface area contributed by atoms with Crippen molar-refractivity contribution in [1.82, 2.24) is 15.6 Å². The van der Waals surface area contributed by atoms with Crippen molar-refractivity contribution in [1.29, 1.82) is 0 Å². The molecule has 0 aliphatic carbocycles. The summed E-state index contributed by atoms with van der Waals surface area (Å²) in [6.45, 7) is 5.01. The molecule has 4 aromatic rings. The predicted octanol–water partition coefficient (Wildman–Crippen LogP) is 5.12. The van der Waals surface area contributed by atoms with E-state index < -0.39 is 5.91 Å². The van der Waals surface area contributed by atoms with Gasteiger partial charge in [-0.3, -0.25) is 9.89 Å². The summed E-state index contributed by atoms with van der Waals surface area (Å²) in [5, 5.41) is 23.0. The molecule has 0 saturated heterocycles. The lowest BCUT2D eigenvalue weighted by Gasteiger charge is -2.08. The molecule has 7 nitrogen and oxygen atoms in total. The Hall–Kier alpha value is -4.13. The topological polar surface area (TPSA) is 99.6 Å². The first-order valence-corrected chi connectivity index (χ1v) is 10.8. The van der Waals surface area contributed by atoms with Crippen molar-refractivity contribution in [3.8, 4) is 22.8 Å². The van der Waals surface area contributed by atoms with E-state index in [1.807, 2.05) is 54.6 Å². The molecule has 0 unspecified atom stereocenters. The summed E-state index contributed by atoms with van der Waals surface area (Å²) in [7, 11) is 0. The third-order valence-corrected chi connectivity index (χ3v) is 5.24. The molecular formula is C26H26N4O3. The normalized spacial score (nSPS) is 11.4. The van der Waals surface area contributed by atoms with Gasteiger partial charge in [0.1, 0.15) is 17.2 Å². The van der Waals surface area contributed by atoms with Crippen LogP contribution in [0, 0.1) is 5.92 Å². The number of aromatic nitrogens is 2. The highest BCUT2D eigenvalue weighted by molar-refractivity contribution is 6.03. The Kier molecular flexibility index (Phi) is 6.69. The molecule has 33 heavy (non-hydrogen) atoms. The number of benzene rings is 3. The van der Waals surface area contributed by atoms with E-state index in [2.05, 4.69) is 34.6 Å². The highest BCUT2D eigenvalue weighted by Crippen LogP contribution is 2.25. The van der Waals surface area contributed by atoms with Crippen LogP contribution in [0.25, 0.3) is 22.0 Å². The van der Waals surface area contributed by atoms with Gasteiger partial charge in [0.2, 0.25) is 0 Å². The predicted molar refractivity (Wildman–Crippen MR) is 130 cm³/mol. The fraction of sp³-hybridized carbons (Fsp3) is 0.192. The number of aromatic hydroxyl groups is 1. The van der Waals surface area contributed by atoms with Crippen LogP contribution in [-0.2, 0) is 0 Å². The first-order chi connectivity index (χ1) is 16.0. The van der Waals surface area contributed by atoms with Crippen LogP contribution in [0.3, 0.4) is 0 Å². The van der Waals surface area contributed by atoms with Crippen LogP contribution in [0.1, 0.15) is 36.3 Å². The molecule has 0 spiro atoms. The Morgan fingerprint density at radius 1 is 1.15 bits per heavy atom. The number of phenolic OH excluding ortho intramolecular Hbond substituents is 1. The second-order valence-corrected chi connectivity index (χ2v) is 8.14. The van der Waals surface area contributed by atoms with Gasteiger partial charge in [-0.2, -0.15) is 10.2 Å². The number of phenols is 1. The molecular weight excluding hydrogens is 416 g/mol. The quantitative estimate of drug-likeness (QED) is 0.260. The highest BCUT2D eigenvalue weighted by Gasteiger charge is 2.11. The lowest BCUT2D eigenvalue weighted by atomic mass is 10.0. The SMILES string of the molecule is CC(C)CCOc1ccc(-c2cc(C(=O)N/N=C\c3c(O)ccc4ccccc34)[nH]n2)cc1. The van der Waals surface area contributed by atoms with Crippen LogP contribution in [-0.4, -0.2) is 34.0 Å². The third-order valence-electron chi connectivity index (χ3n) is 5.24. The number of aromatic amines is 1. The second kappa shape index (κ2) is 9.99. The number of nitrogens with zero attached hydrogens (tertiary/aromatic N) is 2. The fourth-order valence-corrected chi connectivity index (χ4v) is 3.36. The minimum absolute atomic E-state index is 0.0900. The van der Waals surface area contributed by atoms with E-state index >= 15 is 0 Å². The van der Waals surface area contributed by atoms with E-state index in [0.717, 1.165) is 28.5 Å². The Morgan fingerprint density at radius 3 is 2.73 bits per heavy atom. The summed E-state index contributed by atoms with van der Waals surface area (Å²) in [4.78, 5) is 12.5. The number of hydrogen-bond acceptors (Lipinski definition) is 5. The lowest BCUT2D eigenvalue weighted by molar-refractivity contribution is 0.0950. The average Bonchev–Trinajstić information content (AvgIpc) is 3.31. The molecule has 0 saturated carbocycles. The lowest BCUT2D eigenvalue weighted by Crippen LogP contribution is -2.18. The number of carbonyl (C=O) groups is 1. The third kappa shape index (κ3) is 5.38. The molecule has 0 aliphatic heterocycles. The Morgan fingerprint density at radius 2 is 1.94 bits per heavy atom. The summed E-state index contributed by atoms with van der Waals surface area (Å²) in [5.74, 6) is 1.06. The van der Waals surface area contributed by atoms with Gasteiger partial charge in [-0.15, -0.1) is 0 Å². The summed E-state index contributed by atoms with van der Waals surface area (Å²) >= 11 is 0. The average molecular weight is 443 g/mol. The molecule has 0 atom stereocenters. The van der Waals surface area contributed by atoms with E-state index in [9.17, 15) is 9.90 Å². The number of nitrogens with one attached hydrogen (secondary N) is 2. The molecule has 1 amide bonds. The van der Waals surface area contributed by atoms with Crippen molar-refractivity contribution in [3.05, 3.63) is 78.0 Å². The zero-order valence-electron chi connectivity index (χ0n) is 18.6. The summed E-state index contributed by atoms with van der Waals surface area (Å²) in [6, 6.07) is 20.3. The number of H-pyrrole nitrogens is 1. The van der Waals surface area contributed by atoms with Crippen molar-refractivity contribution in [2.24, 2.45) is 11.0 Å². The van der Waals surface area contributed by atoms with Gasteiger partial charge in [-0.25, -0.2) is 5.43 Å². The van der Waals surface area contributed by atoms with Gasteiger partial charge in [-0.1, -0.05) is 44.2 Å². The smallest absolute Gasteiger partial charge is 0.289 e. The second-order valence-electron chi connectivity index (χ2n) is 8.14. The van der Waals surface area contributed by atoms with Gasteiger partial charge in [-0.05, 0) is 59.5 Å². The molecule has 3 N–H and O–H groups in total. The van der Waals surface area contributed by atoms with Gasteiger partial charge in [0, 0.05) is 11.1 Å². The number of amides is 1. The van der Waals surface area contributed by atoms with Crippen LogP contribution in [0.2, 0.25) is 0 Å². The zero-order valence-corrected chi connectivity index (χ0v) is 18.6. The molecule has 0 aliphatic rings. The zero-order chi connectivity index (χ0) is 23.2. The van der Waals surface area contributed by atoms with Crippen LogP contribution in [0.5, 0.6) is 11.5 Å². The standard InChI is InChI=1S/C26H26N4O3/c1-17(2)13-14-33-20-10-7-19(8-11-20)23-15-24(29-28-23)26(32)30-27-16-22-21-6-4-3-5-18(21)9-12-25(22)31/h3-12,15-17,31H,13-14H2,1-2H3,(H,28,29)(H,30,32)/b27-16-. The van der Waals surface area contributed by atoms with Crippen LogP contribution >= 0.6 is 0 Å².